The van der Waals surface area contributed by atoms with Crippen molar-refractivity contribution in [2.75, 3.05) is 34.2 Å². The van der Waals surface area contributed by atoms with Crippen LogP contribution in [0.5, 0.6) is 0 Å². The number of likely N-dealkylation sites (N-methyl/N-ethyl adjacent to an activating group) is 1. The Morgan fingerprint density at radius 3 is 1.81 bits per heavy atom. The zero-order valence-electron chi connectivity index (χ0n) is 17.9. The minimum atomic E-state index is -0.935. The lowest BCUT2D eigenvalue weighted by atomic mass is 10.2. The molecule has 168 valence electrons. The summed E-state index contributed by atoms with van der Waals surface area (Å²) in [4.78, 5) is 37.9. The summed E-state index contributed by atoms with van der Waals surface area (Å²) in [5.41, 5.74) is 1.57. The van der Waals surface area contributed by atoms with Crippen molar-refractivity contribution < 1.29 is 52.3 Å². The molecule has 0 bridgehead atoms. The van der Waals surface area contributed by atoms with Crippen molar-refractivity contribution in [1.29, 1.82) is 0 Å². The standard InChI is InChI=1S/C22H27N3O5.HI/c1-25(2,3)15-14-24(22(28)30-17-19-12-8-5-9-13-19)20(26)23-21(27)29-16-18-10-6-4-7-11-18;/h4-13H,14-17H2,1-3H3;1H. The third-order valence-electron chi connectivity index (χ3n) is 4.09. The summed E-state index contributed by atoms with van der Waals surface area (Å²) in [5, 5.41) is 2.08. The molecule has 0 aliphatic heterocycles. The van der Waals surface area contributed by atoms with Crippen LogP contribution in [0.25, 0.3) is 0 Å². The second-order valence-corrected chi connectivity index (χ2v) is 7.70. The zero-order valence-corrected chi connectivity index (χ0v) is 20.1. The van der Waals surface area contributed by atoms with E-state index < -0.39 is 18.2 Å². The number of imide groups is 2. The summed E-state index contributed by atoms with van der Waals surface area (Å²) in [7, 11) is 5.79. The molecule has 0 radical (unpaired) electrons. The Bertz CT molecular complexity index is 841. The summed E-state index contributed by atoms with van der Waals surface area (Å²) in [6, 6.07) is 17.3. The number of quaternary nitrogens is 1. The van der Waals surface area contributed by atoms with Crippen molar-refractivity contribution in [2.45, 2.75) is 13.2 Å². The third kappa shape index (κ3) is 10.3. The summed E-state index contributed by atoms with van der Waals surface area (Å²) < 4.78 is 10.8. The van der Waals surface area contributed by atoms with Gasteiger partial charge in [0.2, 0.25) is 0 Å². The molecule has 0 aliphatic carbocycles. The van der Waals surface area contributed by atoms with E-state index in [1.807, 2.05) is 69.7 Å². The fraction of sp³-hybridized carbons (Fsp3) is 0.318. The van der Waals surface area contributed by atoms with E-state index in [1.165, 1.54) is 0 Å². The first-order valence-corrected chi connectivity index (χ1v) is 9.55. The van der Waals surface area contributed by atoms with Crippen LogP contribution in [-0.4, -0.2) is 61.8 Å². The largest absolute Gasteiger partial charge is 1.00 e. The van der Waals surface area contributed by atoms with Gasteiger partial charge in [-0.1, -0.05) is 60.7 Å². The number of alkyl carbamates (subject to hydrolysis) is 1. The van der Waals surface area contributed by atoms with Crippen molar-refractivity contribution in [3.05, 3.63) is 71.8 Å². The average molecular weight is 541 g/mol. The average Bonchev–Trinajstić information content (AvgIpc) is 2.71. The van der Waals surface area contributed by atoms with E-state index in [1.54, 1.807) is 12.1 Å². The van der Waals surface area contributed by atoms with E-state index in [0.717, 1.165) is 16.0 Å². The predicted octanol–water partition coefficient (Wildman–Crippen LogP) is 0.382. The molecule has 0 spiro atoms. The van der Waals surface area contributed by atoms with Gasteiger partial charge in [0.05, 0.1) is 34.2 Å². The maximum atomic E-state index is 12.5. The second kappa shape index (κ2) is 12.9. The maximum absolute atomic E-state index is 12.5. The topological polar surface area (TPSA) is 84.9 Å². The van der Waals surface area contributed by atoms with E-state index in [0.29, 0.717) is 11.0 Å². The highest BCUT2D eigenvalue weighted by Crippen LogP contribution is 2.06. The highest BCUT2D eigenvalue weighted by molar-refractivity contribution is 5.98. The number of nitrogens with one attached hydrogen (secondary N) is 1. The number of hydrogen-bond acceptors (Lipinski definition) is 5. The molecule has 0 unspecified atom stereocenters. The van der Waals surface area contributed by atoms with Gasteiger partial charge in [0.1, 0.15) is 13.2 Å². The Morgan fingerprint density at radius 2 is 1.32 bits per heavy atom. The fourth-order valence-electron chi connectivity index (χ4n) is 2.39. The van der Waals surface area contributed by atoms with Crippen LogP contribution in [0.1, 0.15) is 11.1 Å². The lowest BCUT2D eigenvalue weighted by Crippen LogP contribution is -3.00. The lowest BCUT2D eigenvalue weighted by Gasteiger charge is -2.27. The van der Waals surface area contributed by atoms with Crippen molar-refractivity contribution in [2.24, 2.45) is 0 Å². The number of hydrogen-bond donors (Lipinski definition) is 1. The van der Waals surface area contributed by atoms with Gasteiger partial charge in [0, 0.05) is 0 Å². The number of urea groups is 1. The van der Waals surface area contributed by atoms with Crippen LogP contribution in [0.3, 0.4) is 0 Å². The molecule has 31 heavy (non-hydrogen) atoms. The van der Waals surface area contributed by atoms with Crippen LogP contribution in [0, 0.1) is 0 Å². The van der Waals surface area contributed by atoms with Crippen molar-refractivity contribution in [1.82, 2.24) is 10.2 Å². The van der Waals surface area contributed by atoms with Gasteiger partial charge < -0.3 is 37.9 Å². The smallest absolute Gasteiger partial charge is 0.418 e. The third-order valence-corrected chi connectivity index (χ3v) is 4.09. The number of ether oxygens (including phenoxy) is 2. The second-order valence-electron chi connectivity index (χ2n) is 7.70. The summed E-state index contributed by atoms with van der Waals surface area (Å²) in [6.45, 7) is 0.589. The van der Waals surface area contributed by atoms with E-state index >= 15 is 0 Å². The Morgan fingerprint density at radius 1 is 0.839 bits per heavy atom. The van der Waals surface area contributed by atoms with Gasteiger partial charge in [-0.2, -0.15) is 0 Å². The fourth-order valence-corrected chi connectivity index (χ4v) is 2.39. The molecule has 0 aromatic heterocycles. The quantitative estimate of drug-likeness (QED) is 0.405. The van der Waals surface area contributed by atoms with E-state index in [2.05, 4.69) is 5.32 Å². The zero-order chi connectivity index (χ0) is 22.0. The van der Waals surface area contributed by atoms with Crippen LogP contribution >= 0.6 is 0 Å². The number of carbonyl (C=O) groups is 3. The molecule has 0 atom stereocenters. The first kappa shape index (κ1) is 26.4. The van der Waals surface area contributed by atoms with Gasteiger partial charge in [-0.15, -0.1) is 0 Å². The molecule has 4 amide bonds. The van der Waals surface area contributed by atoms with Gasteiger partial charge >= 0.3 is 18.2 Å². The van der Waals surface area contributed by atoms with Gasteiger partial charge in [0.25, 0.3) is 0 Å². The van der Waals surface area contributed by atoms with Crippen molar-refractivity contribution >= 4 is 18.2 Å². The Balaban J connectivity index is 0.00000480. The first-order valence-electron chi connectivity index (χ1n) is 9.55. The maximum Gasteiger partial charge on any atom is 0.418 e. The molecule has 9 heteroatoms. The molecular formula is C22H28IN3O5. The van der Waals surface area contributed by atoms with Crippen LogP contribution < -0.4 is 29.3 Å². The normalized spacial score (nSPS) is 10.4. The van der Waals surface area contributed by atoms with E-state index in [9.17, 15) is 14.4 Å². The molecule has 2 aromatic carbocycles. The molecule has 0 fully saturated rings. The van der Waals surface area contributed by atoms with Gasteiger partial charge in [-0.3, -0.25) is 0 Å². The number of rotatable bonds is 7. The predicted molar refractivity (Wildman–Crippen MR) is 111 cm³/mol. The summed E-state index contributed by atoms with van der Waals surface area (Å²) >= 11 is 0. The van der Waals surface area contributed by atoms with E-state index in [-0.39, 0.29) is 43.7 Å². The van der Waals surface area contributed by atoms with Gasteiger partial charge in [-0.05, 0) is 11.1 Å². The molecule has 0 aliphatic rings. The molecule has 2 rings (SSSR count). The monoisotopic (exact) mass is 541 g/mol. The number of nitrogens with zero attached hydrogens (tertiary/aromatic N) is 2. The number of amides is 4. The number of benzene rings is 2. The minimum Gasteiger partial charge on any atom is -1.00 e. The molecule has 1 N–H and O–H groups in total. The molecular weight excluding hydrogens is 513 g/mol. The van der Waals surface area contributed by atoms with Crippen molar-refractivity contribution in [3.8, 4) is 0 Å². The highest BCUT2D eigenvalue weighted by atomic mass is 127. The van der Waals surface area contributed by atoms with Gasteiger partial charge in [0.15, 0.2) is 0 Å². The Hall–Kier alpha value is -2.66. The molecule has 8 nitrogen and oxygen atoms in total. The highest BCUT2D eigenvalue weighted by Gasteiger charge is 2.27. The Labute approximate surface area is 199 Å². The first-order chi connectivity index (χ1) is 14.2. The molecule has 0 saturated heterocycles. The molecule has 2 aromatic rings. The van der Waals surface area contributed by atoms with Crippen molar-refractivity contribution in [3.63, 3.8) is 0 Å². The van der Waals surface area contributed by atoms with Crippen LogP contribution in [0.4, 0.5) is 14.4 Å². The summed E-state index contributed by atoms with van der Waals surface area (Å²) in [6.07, 6.45) is -1.77. The van der Waals surface area contributed by atoms with Crippen LogP contribution in [0.15, 0.2) is 60.7 Å². The van der Waals surface area contributed by atoms with Crippen LogP contribution in [-0.2, 0) is 22.7 Å². The number of halogens is 1. The molecule has 0 saturated carbocycles. The molecule has 0 heterocycles. The number of carbonyl (C=O) groups excluding carboxylic acids is 3. The Kier molecular flexibility index (Phi) is 11.0. The van der Waals surface area contributed by atoms with Gasteiger partial charge in [-0.25, -0.2) is 24.6 Å². The lowest BCUT2D eigenvalue weighted by molar-refractivity contribution is -0.869. The van der Waals surface area contributed by atoms with Crippen LogP contribution in [0.2, 0.25) is 0 Å². The van der Waals surface area contributed by atoms with E-state index in [4.69, 9.17) is 9.47 Å². The SMILES string of the molecule is C[N+](C)(C)CCN(C(=O)NC(=O)OCc1ccccc1)C(=O)OCc1ccccc1.[I-]. The summed E-state index contributed by atoms with van der Waals surface area (Å²) in [5.74, 6) is 0. The minimum absolute atomic E-state index is 0.